The molecule has 0 unspecified atom stereocenters. The first-order chi connectivity index (χ1) is 8.47. The normalized spacial score (nSPS) is 11.2. The number of methoxy groups -OCH3 is 1. The highest BCUT2D eigenvalue weighted by molar-refractivity contribution is 7.89. The molecule has 2 N–H and O–H groups in total. The zero-order valence-electron chi connectivity index (χ0n) is 10.3. The summed E-state index contributed by atoms with van der Waals surface area (Å²) in [6.45, 7) is 1.88. The van der Waals surface area contributed by atoms with Gasteiger partial charge in [-0.15, -0.1) is 4.83 Å². The van der Waals surface area contributed by atoms with Crippen molar-refractivity contribution in [3.63, 3.8) is 0 Å². The lowest BCUT2D eigenvalue weighted by atomic mass is 10.2. The van der Waals surface area contributed by atoms with E-state index in [-0.39, 0.29) is 17.9 Å². The molecule has 1 aromatic rings. The number of esters is 1. The Labute approximate surface area is 106 Å². The van der Waals surface area contributed by atoms with Gasteiger partial charge in [0.1, 0.15) is 0 Å². The van der Waals surface area contributed by atoms with Gasteiger partial charge in [-0.3, -0.25) is 4.79 Å². The highest BCUT2D eigenvalue weighted by atomic mass is 32.2. The van der Waals surface area contributed by atoms with Gasteiger partial charge in [-0.25, -0.2) is 13.8 Å². The minimum atomic E-state index is -3.61. The molecule has 0 heterocycles. The van der Waals surface area contributed by atoms with Gasteiger partial charge in [-0.1, -0.05) is 18.2 Å². The SMILES string of the molecule is COC(=O)CCNNS(=O)(=O)c1ccccc1C. The molecule has 0 amide bonds. The van der Waals surface area contributed by atoms with E-state index < -0.39 is 16.0 Å². The number of nitrogens with one attached hydrogen (secondary N) is 2. The number of benzene rings is 1. The van der Waals surface area contributed by atoms with Gasteiger partial charge in [0.05, 0.1) is 18.4 Å². The smallest absolute Gasteiger partial charge is 0.306 e. The summed E-state index contributed by atoms with van der Waals surface area (Å²) in [5.74, 6) is -0.405. The maximum atomic E-state index is 11.9. The van der Waals surface area contributed by atoms with Crippen molar-refractivity contribution in [3.05, 3.63) is 29.8 Å². The van der Waals surface area contributed by atoms with E-state index in [1.54, 1.807) is 25.1 Å². The second-order valence-corrected chi connectivity index (χ2v) is 5.27. The van der Waals surface area contributed by atoms with Crippen LogP contribution in [0.2, 0.25) is 0 Å². The third kappa shape index (κ3) is 4.10. The van der Waals surface area contributed by atoms with E-state index >= 15 is 0 Å². The number of carbonyl (C=O) groups is 1. The summed E-state index contributed by atoms with van der Waals surface area (Å²) >= 11 is 0. The van der Waals surface area contributed by atoms with E-state index in [1.165, 1.54) is 13.2 Å². The van der Waals surface area contributed by atoms with Crippen LogP contribution in [0.4, 0.5) is 0 Å². The van der Waals surface area contributed by atoms with Gasteiger partial charge in [0, 0.05) is 6.54 Å². The highest BCUT2D eigenvalue weighted by Gasteiger charge is 2.15. The second-order valence-electron chi connectivity index (χ2n) is 3.62. The molecule has 7 heteroatoms. The zero-order valence-corrected chi connectivity index (χ0v) is 11.1. The number of hydrazine groups is 1. The average Bonchev–Trinajstić information content (AvgIpc) is 2.34. The van der Waals surface area contributed by atoms with Crippen molar-refractivity contribution in [3.8, 4) is 0 Å². The second kappa shape index (κ2) is 6.48. The van der Waals surface area contributed by atoms with Crippen molar-refractivity contribution in [1.82, 2.24) is 10.3 Å². The van der Waals surface area contributed by atoms with Crippen molar-refractivity contribution in [2.45, 2.75) is 18.2 Å². The maximum absolute atomic E-state index is 11.9. The van der Waals surface area contributed by atoms with Crippen molar-refractivity contribution in [2.24, 2.45) is 0 Å². The first-order valence-corrected chi connectivity index (χ1v) is 6.83. The third-order valence-electron chi connectivity index (χ3n) is 2.27. The molecule has 0 bridgehead atoms. The standard InChI is InChI=1S/C11H16N2O4S/c1-9-5-3-4-6-10(9)18(15,16)13-12-8-7-11(14)17-2/h3-6,12-13H,7-8H2,1-2H3. The first-order valence-electron chi connectivity index (χ1n) is 5.34. The Hall–Kier alpha value is -1.44. The first kappa shape index (κ1) is 14.6. The lowest BCUT2D eigenvalue weighted by Gasteiger charge is -2.09. The van der Waals surface area contributed by atoms with Crippen LogP contribution >= 0.6 is 0 Å². The van der Waals surface area contributed by atoms with Crippen molar-refractivity contribution in [1.29, 1.82) is 0 Å². The molecule has 0 saturated carbocycles. The Morgan fingerprint density at radius 1 is 1.33 bits per heavy atom. The summed E-state index contributed by atoms with van der Waals surface area (Å²) in [6, 6.07) is 6.64. The fourth-order valence-corrected chi connectivity index (χ4v) is 2.48. The molecule has 0 spiro atoms. The molecule has 0 aliphatic carbocycles. The Balaban J connectivity index is 2.56. The van der Waals surface area contributed by atoms with Crippen LogP contribution in [0.3, 0.4) is 0 Å². The predicted molar refractivity (Wildman–Crippen MR) is 66.1 cm³/mol. The van der Waals surface area contributed by atoms with Crippen LogP contribution in [-0.4, -0.2) is 28.0 Å². The largest absolute Gasteiger partial charge is 0.469 e. The predicted octanol–water partition coefficient (Wildman–Crippen LogP) is 0.341. The Kier molecular flexibility index (Phi) is 5.26. The maximum Gasteiger partial charge on any atom is 0.306 e. The topological polar surface area (TPSA) is 84.5 Å². The summed E-state index contributed by atoms with van der Waals surface area (Å²) in [6.07, 6.45) is 0.0901. The van der Waals surface area contributed by atoms with Gasteiger partial charge < -0.3 is 4.74 Å². The molecule has 0 radical (unpaired) electrons. The lowest BCUT2D eigenvalue weighted by Crippen LogP contribution is -2.38. The fraction of sp³-hybridized carbons (Fsp3) is 0.364. The summed E-state index contributed by atoms with van der Waals surface area (Å²) in [4.78, 5) is 13.2. The molecule has 1 rings (SSSR count). The van der Waals surface area contributed by atoms with Crippen molar-refractivity contribution in [2.75, 3.05) is 13.7 Å². The van der Waals surface area contributed by atoms with Gasteiger partial charge in [-0.2, -0.15) is 0 Å². The molecule has 18 heavy (non-hydrogen) atoms. The van der Waals surface area contributed by atoms with Gasteiger partial charge >= 0.3 is 5.97 Å². The average molecular weight is 272 g/mol. The Bertz CT molecular complexity index is 514. The van der Waals surface area contributed by atoms with E-state index in [0.717, 1.165) is 0 Å². The summed E-state index contributed by atoms with van der Waals surface area (Å²) in [7, 11) is -2.33. The number of hydrogen-bond donors (Lipinski definition) is 2. The van der Waals surface area contributed by atoms with E-state index in [2.05, 4.69) is 15.0 Å². The number of carbonyl (C=O) groups excluding carboxylic acids is 1. The number of aryl methyl sites for hydroxylation is 1. The molecule has 0 atom stereocenters. The van der Waals surface area contributed by atoms with Crippen LogP contribution in [0.5, 0.6) is 0 Å². The van der Waals surface area contributed by atoms with E-state index in [4.69, 9.17) is 0 Å². The van der Waals surface area contributed by atoms with Crippen LogP contribution in [0.15, 0.2) is 29.2 Å². The van der Waals surface area contributed by atoms with Crippen LogP contribution < -0.4 is 10.3 Å². The Morgan fingerprint density at radius 3 is 2.61 bits per heavy atom. The molecular formula is C11H16N2O4S. The number of rotatable bonds is 6. The van der Waals surface area contributed by atoms with Crippen LogP contribution in [0.1, 0.15) is 12.0 Å². The molecular weight excluding hydrogens is 256 g/mol. The molecule has 100 valence electrons. The zero-order chi connectivity index (χ0) is 13.6. The fourth-order valence-electron chi connectivity index (χ4n) is 1.33. The molecule has 0 aromatic heterocycles. The molecule has 0 aliphatic rings. The Morgan fingerprint density at radius 2 is 2.00 bits per heavy atom. The van der Waals surface area contributed by atoms with E-state index in [0.29, 0.717) is 5.56 Å². The van der Waals surface area contributed by atoms with Crippen LogP contribution in [-0.2, 0) is 19.6 Å². The number of ether oxygens (including phenoxy) is 1. The minimum Gasteiger partial charge on any atom is -0.469 e. The van der Waals surface area contributed by atoms with E-state index in [9.17, 15) is 13.2 Å². The van der Waals surface area contributed by atoms with Gasteiger partial charge in [0.25, 0.3) is 10.0 Å². The van der Waals surface area contributed by atoms with Gasteiger partial charge in [-0.05, 0) is 18.6 Å². The van der Waals surface area contributed by atoms with E-state index in [1.807, 2.05) is 0 Å². The summed E-state index contributed by atoms with van der Waals surface area (Å²) in [5.41, 5.74) is 3.13. The summed E-state index contributed by atoms with van der Waals surface area (Å²) in [5, 5.41) is 0. The molecule has 0 aliphatic heterocycles. The van der Waals surface area contributed by atoms with Gasteiger partial charge in [0.15, 0.2) is 0 Å². The van der Waals surface area contributed by atoms with Crippen LogP contribution in [0, 0.1) is 6.92 Å². The monoisotopic (exact) mass is 272 g/mol. The summed E-state index contributed by atoms with van der Waals surface area (Å²) < 4.78 is 28.2. The van der Waals surface area contributed by atoms with Gasteiger partial charge in [0.2, 0.25) is 0 Å². The highest BCUT2D eigenvalue weighted by Crippen LogP contribution is 2.12. The van der Waals surface area contributed by atoms with Crippen LogP contribution in [0.25, 0.3) is 0 Å². The molecule has 0 fully saturated rings. The quantitative estimate of drug-likeness (QED) is 0.443. The molecule has 0 saturated heterocycles. The number of hydrogen-bond acceptors (Lipinski definition) is 5. The minimum absolute atomic E-state index is 0.0901. The number of sulfonamides is 1. The van der Waals surface area contributed by atoms with Crippen molar-refractivity contribution < 1.29 is 17.9 Å². The molecule has 1 aromatic carbocycles. The third-order valence-corrected chi connectivity index (χ3v) is 3.72. The lowest BCUT2D eigenvalue weighted by molar-refractivity contribution is -0.140. The van der Waals surface area contributed by atoms with Crippen molar-refractivity contribution >= 4 is 16.0 Å². The molecule has 6 nitrogen and oxygen atoms in total.